The summed E-state index contributed by atoms with van der Waals surface area (Å²) in [6, 6.07) is 21.7. The molecule has 1 aromatic heterocycles. The molecule has 0 amide bonds. The van der Waals surface area contributed by atoms with Gasteiger partial charge in [0, 0.05) is 17.9 Å². The Hall–Kier alpha value is -3.46. The lowest BCUT2D eigenvalue weighted by molar-refractivity contribution is 0.0988. The van der Waals surface area contributed by atoms with E-state index in [9.17, 15) is 9.59 Å². The zero-order chi connectivity index (χ0) is 20.7. The van der Waals surface area contributed by atoms with Crippen LogP contribution in [0.1, 0.15) is 57.3 Å². The van der Waals surface area contributed by atoms with Crippen LogP contribution in [-0.4, -0.2) is 16.6 Å². The fraction of sp³-hybridized carbons (Fsp3) is 0.185. The van der Waals surface area contributed by atoms with Gasteiger partial charge in [-0.15, -0.1) is 0 Å². The lowest BCUT2D eigenvalue weighted by Crippen LogP contribution is -2.07. The van der Waals surface area contributed by atoms with Gasteiger partial charge in [-0.1, -0.05) is 60.7 Å². The average Bonchev–Trinajstić information content (AvgIpc) is 3.19. The van der Waals surface area contributed by atoms with Crippen LogP contribution >= 0.6 is 0 Å². The summed E-state index contributed by atoms with van der Waals surface area (Å²) in [5.41, 5.74) is 7.39. The maximum absolute atomic E-state index is 13.5. The van der Waals surface area contributed by atoms with E-state index in [0.717, 1.165) is 42.1 Å². The molecule has 0 spiro atoms. The molecule has 3 nitrogen and oxygen atoms in total. The first-order chi connectivity index (χ1) is 14.6. The van der Waals surface area contributed by atoms with Crippen LogP contribution < -0.4 is 0 Å². The van der Waals surface area contributed by atoms with Crippen LogP contribution in [-0.2, 0) is 12.8 Å². The number of H-pyrrole nitrogens is 1. The number of carbonyl (C=O) groups is 2. The number of carbonyl (C=O) groups excluding carboxylic acids is 2. The standard InChI is InChI=1S/C27H23NO2/c1-17(29)25-24(27(30)19-12-6-3-7-13-19)23-16-22(18-10-4-2-5-11-18)20-14-8-9-15-21(20)26(23)28-25/h2-7,10-13,16,28H,8-9,14-15H2,1H3. The molecule has 0 atom stereocenters. The summed E-state index contributed by atoms with van der Waals surface area (Å²) in [4.78, 5) is 29.4. The quantitative estimate of drug-likeness (QED) is 0.423. The zero-order valence-corrected chi connectivity index (χ0v) is 17.0. The van der Waals surface area contributed by atoms with Crippen LogP contribution in [0.5, 0.6) is 0 Å². The predicted octanol–water partition coefficient (Wildman–Crippen LogP) is 6.15. The van der Waals surface area contributed by atoms with E-state index in [1.165, 1.54) is 23.6 Å². The monoisotopic (exact) mass is 393 g/mol. The SMILES string of the molecule is CC(=O)c1[nH]c2c3c(c(-c4ccccc4)cc2c1C(=O)c1ccccc1)CCCC3. The van der Waals surface area contributed by atoms with Gasteiger partial charge in [-0.05, 0) is 54.0 Å². The number of aromatic amines is 1. The fourth-order valence-corrected chi connectivity index (χ4v) is 4.72. The largest absolute Gasteiger partial charge is 0.351 e. The molecule has 1 N–H and O–H groups in total. The third kappa shape index (κ3) is 2.98. The van der Waals surface area contributed by atoms with Gasteiger partial charge in [0.1, 0.15) is 0 Å². The summed E-state index contributed by atoms with van der Waals surface area (Å²) < 4.78 is 0. The Labute approximate surface area is 175 Å². The second-order valence-electron chi connectivity index (χ2n) is 8.00. The highest BCUT2D eigenvalue weighted by Gasteiger charge is 2.27. The third-order valence-electron chi connectivity index (χ3n) is 6.12. The first-order valence-corrected chi connectivity index (χ1v) is 10.5. The molecule has 3 aromatic carbocycles. The van der Waals surface area contributed by atoms with Crippen LogP contribution in [0, 0.1) is 0 Å². The molecule has 0 saturated heterocycles. The van der Waals surface area contributed by atoms with Crippen molar-refractivity contribution in [2.24, 2.45) is 0 Å². The molecule has 148 valence electrons. The van der Waals surface area contributed by atoms with E-state index in [-0.39, 0.29) is 11.6 Å². The summed E-state index contributed by atoms with van der Waals surface area (Å²) in [5.74, 6) is -0.224. The fourth-order valence-electron chi connectivity index (χ4n) is 4.72. The molecule has 5 rings (SSSR count). The molecule has 0 saturated carbocycles. The van der Waals surface area contributed by atoms with E-state index in [2.05, 4.69) is 23.2 Å². The second-order valence-corrected chi connectivity index (χ2v) is 8.00. The molecule has 1 aliphatic carbocycles. The van der Waals surface area contributed by atoms with Crippen LogP contribution in [0.4, 0.5) is 0 Å². The van der Waals surface area contributed by atoms with Crippen molar-refractivity contribution in [1.82, 2.24) is 4.98 Å². The number of fused-ring (bicyclic) bond motifs is 3. The highest BCUT2D eigenvalue weighted by Crippen LogP contribution is 2.39. The van der Waals surface area contributed by atoms with E-state index in [4.69, 9.17) is 0 Å². The maximum atomic E-state index is 13.5. The first-order valence-electron chi connectivity index (χ1n) is 10.5. The van der Waals surface area contributed by atoms with Gasteiger partial charge in [0.05, 0.1) is 16.8 Å². The minimum absolute atomic E-state index is 0.109. The Morgan fingerprint density at radius 2 is 1.47 bits per heavy atom. The molecule has 1 heterocycles. The molecule has 30 heavy (non-hydrogen) atoms. The van der Waals surface area contributed by atoms with Crippen molar-refractivity contribution in [2.45, 2.75) is 32.6 Å². The van der Waals surface area contributed by atoms with Crippen LogP contribution in [0.25, 0.3) is 22.0 Å². The van der Waals surface area contributed by atoms with Crippen LogP contribution in [0.3, 0.4) is 0 Å². The van der Waals surface area contributed by atoms with Crippen molar-refractivity contribution in [2.75, 3.05) is 0 Å². The molecular formula is C27H23NO2. The Morgan fingerprint density at radius 3 is 2.13 bits per heavy atom. The number of aromatic nitrogens is 1. The zero-order valence-electron chi connectivity index (χ0n) is 17.0. The van der Waals surface area contributed by atoms with Crippen molar-refractivity contribution in [3.8, 4) is 11.1 Å². The van der Waals surface area contributed by atoms with Crippen molar-refractivity contribution in [1.29, 1.82) is 0 Å². The first kappa shape index (κ1) is 18.6. The number of aryl methyl sites for hydroxylation is 1. The summed E-state index contributed by atoms with van der Waals surface area (Å²) in [7, 11) is 0. The maximum Gasteiger partial charge on any atom is 0.195 e. The molecule has 0 bridgehead atoms. The topological polar surface area (TPSA) is 49.9 Å². The van der Waals surface area contributed by atoms with Gasteiger partial charge in [-0.25, -0.2) is 0 Å². The van der Waals surface area contributed by atoms with Gasteiger partial charge in [-0.3, -0.25) is 9.59 Å². The van der Waals surface area contributed by atoms with E-state index < -0.39 is 0 Å². The van der Waals surface area contributed by atoms with Crippen molar-refractivity contribution in [3.63, 3.8) is 0 Å². The summed E-state index contributed by atoms with van der Waals surface area (Å²) in [6.45, 7) is 1.52. The Bertz CT molecular complexity index is 1270. The van der Waals surface area contributed by atoms with E-state index in [1.54, 1.807) is 0 Å². The van der Waals surface area contributed by atoms with Gasteiger partial charge < -0.3 is 4.98 Å². The van der Waals surface area contributed by atoms with Crippen LogP contribution in [0.2, 0.25) is 0 Å². The number of rotatable bonds is 4. The smallest absolute Gasteiger partial charge is 0.195 e. The van der Waals surface area contributed by atoms with Gasteiger partial charge in [-0.2, -0.15) is 0 Å². The summed E-state index contributed by atoms with van der Waals surface area (Å²) in [6.07, 6.45) is 4.26. The van der Waals surface area contributed by atoms with E-state index in [1.807, 2.05) is 48.5 Å². The Kier molecular flexibility index (Phi) is 4.59. The Balaban J connectivity index is 1.85. The van der Waals surface area contributed by atoms with Crippen molar-refractivity contribution < 1.29 is 9.59 Å². The normalized spacial score (nSPS) is 13.2. The molecule has 0 unspecified atom stereocenters. The number of benzene rings is 3. The van der Waals surface area contributed by atoms with Gasteiger partial charge in [0.15, 0.2) is 11.6 Å². The van der Waals surface area contributed by atoms with Gasteiger partial charge in [0.25, 0.3) is 0 Å². The van der Waals surface area contributed by atoms with E-state index >= 15 is 0 Å². The highest BCUT2D eigenvalue weighted by molar-refractivity contribution is 6.22. The third-order valence-corrected chi connectivity index (χ3v) is 6.12. The van der Waals surface area contributed by atoms with Crippen molar-refractivity contribution >= 4 is 22.5 Å². The number of nitrogens with one attached hydrogen (secondary N) is 1. The minimum Gasteiger partial charge on any atom is -0.351 e. The molecular weight excluding hydrogens is 370 g/mol. The second kappa shape index (κ2) is 7.42. The highest BCUT2D eigenvalue weighted by atomic mass is 16.1. The molecule has 0 aliphatic heterocycles. The number of Topliss-reactive ketones (excluding diaryl/α,β-unsaturated/α-hetero) is 1. The molecule has 0 fully saturated rings. The molecule has 0 radical (unpaired) electrons. The molecule has 4 aromatic rings. The van der Waals surface area contributed by atoms with E-state index in [0.29, 0.717) is 16.8 Å². The lowest BCUT2D eigenvalue weighted by Gasteiger charge is -2.21. The average molecular weight is 393 g/mol. The number of ketones is 2. The van der Waals surface area contributed by atoms with Gasteiger partial charge >= 0.3 is 0 Å². The molecule has 3 heteroatoms. The van der Waals surface area contributed by atoms with Gasteiger partial charge in [0.2, 0.25) is 0 Å². The Morgan fingerprint density at radius 1 is 0.833 bits per heavy atom. The van der Waals surface area contributed by atoms with Crippen LogP contribution in [0.15, 0.2) is 66.7 Å². The minimum atomic E-state index is -0.115. The van der Waals surface area contributed by atoms with Crippen molar-refractivity contribution in [3.05, 3.63) is 94.7 Å². The number of hydrogen-bond acceptors (Lipinski definition) is 2. The molecule has 1 aliphatic rings. The predicted molar refractivity (Wildman–Crippen MR) is 120 cm³/mol. The summed E-state index contributed by atoms with van der Waals surface area (Å²) in [5, 5.41) is 0.855. The lowest BCUT2D eigenvalue weighted by atomic mass is 9.83. The summed E-state index contributed by atoms with van der Waals surface area (Å²) >= 11 is 0. The number of hydrogen-bond donors (Lipinski definition) is 1.